The minimum atomic E-state index is 0.738. The maximum atomic E-state index is 5.78. The number of rotatable bonds is 10. The fraction of sp³-hybridized carbons (Fsp3) is 0.667. The highest BCUT2D eigenvalue weighted by Crippen LogP contribution is 2.08. The second kappa shape index (κ2) is 9.93. The summed E-state index contributed by atoms with van der Waals surface area (Å²) in [6.45, 7) is 9.56. The van der Waals surface area contributed by atoms with Crippen LogP contribution in [-0.4, -0.2) is 44.2 Å². The molecule has 2 rings (SSSR count). The van der Waals surface area contributed by atoms with Gasteiger partial charge in [0, 0.05) is 6.54 Å². The summed E-state index contributed by atoms with van der Waals surface area (Å²) in [5, 5.41) is 3.44. The van der Waals surface area contributed by atoms with Gasteiger partial charge < -0.3 is 15.0 Å². The summed E-state index contributed by atoms with van der Waals surface area (Å²) in [5.74, 6) is 0. The third-order valence-corrected chi connectivity index (χ3v) is 4.06. The molecule has 0 unspecified atom stereocenters. The minimum absolute atomic E-state index is 0.738. The molecule has 21 heavy (non-hydrogen) atoms. The summed E-state index contributed by atoms with van der Waals surface area (Å²) in [6, 6.07) is 8.86. The highest BCUT2D eigenvalue weighted by molar-refractivity contribution is 5.22. The lowest BCUT2D eigenvalue weighted by Crippen LogP contribution is -2.23. The molecule has 3 nitrogen and oxygen atoms in total. The molecule has 118 valence electrons. The fourth-order valence-corrected chi connectivity index (χ4v) is 2.73. The van der Waals surface area contributed by atoms with Crippen LogP contribution in [0, 0.1) is 0 Å². The quantitative estimate of drug-likeness (QED) is 0.671. The molecule has 1 aliphatic rings. The molecule has 0 spiro atoms. The maximum Gasteiger partial charge on any atom is 0.0717 e. The Kier molecular flexibility index (Phi) is 7.79. The van der Waals surface area contributed by atoms with Gasteiger partial charge in [0.05, 0.1) is 13.2 Å². The van der Waals surface area contributed by atoms with Crippen molar-refractivity contribution in [3.63, 3.8) is 0 Å². The van der Waals surface area contributed by atoms with Crippen LogP contribution in [0.3, 0.4) is 0 Å². The van der Waals surface area contributed by atoms with Crippen LogP contribution in [0.2, 0.25) is 0 Å². The SMILES string of the molecule is CCCNCCc1ccc(COCCN2CCCC2)cc1. The Hall–Kier alpha value is -0.900. The van der Waals surface area contributed by atoms with E-state index in [9.17, 15) is 0 Å². The molecule has 1 fully saturated rings. The molecule has 0 aliphatic carbocycles. The van der Waals surface area contributed by atoms with Crippen molar-refractivity contribution in [2.45, 2.75) is 39.2 Å². The predicted octanol–water partition coefficient (Wildman–Crippen LogP) is 2.84. The van der Waals surface area contributed by atoms with E-state index in [0.29, 0.717) is 0 Å². The molecule has 0 atom stereocenters. The Morgan fingerprint density at radius 3 is 2.48 bits per heavy atom. The normalized spacial score (nSPS) is 15.7. The van der Waals surface area contributed by atoms with Crippen molar-refractivity contribution in [1.29, 1.82) is 0 Å². The molecule has 0 aromatic heterocycles. The van der Waals surface area contributed by atoms with Gasteiger partial charge >= 0.3 is 0 Å². The average Bonchev–Trinajstić information content (AvgIpc) is 3.03. The molecular weight excluding hydrogens is 260 g/mol. The smallest absolute Gasteiger partial charge is 0.0717 e. The first kappa shape index (κ1) is 16.5. The highest BCUT2D eigenvalue weighted by atomic mass is 16.5. The second-order valence-electron chi connectivity index (χ2n) is 5.92. The lowest BCUT2D eigenvalue weighted by molar-refractivity contribution is 0.0992. The van der Waals surface area contributed by atoms with E-state index in [-0.39, 0.29) is 0 Å². The van der Waals surface area contributed by atoms with Gasteiger partial charge in [-0.3, -0.25) is 0 Å². The number of hydrogen-bond acceptors (Lipinski definition) is 3. The summed E-state index contributed by atoms with van der Waals surface area (Å²) in [7, 11) is 0. The Bertz CT molecular complexity index is 371. The van der Waals surface area contributed by atoms with Crippen molar-refractivity contribution in [1.82, 2.24) is 10.2 Å². The van der Waals surface area contributed by atoms with Crippen LogP contribution >= 0.6 is 0 Å². The zero-order valence-electron chi connectivity index (χ0n) is 13.4. The standard InChI is InChI=1S/C18H30N2O/c1-2-10-19-11-9-17-5-7-18(8-6-17)16-21-15-14-20-12-3-4-13-20/h5-8,19H,2-4,9-16H2,1H3. The van der Waals surface area contributed by atoms with E-state index in [1.54, 1.807) is 0 Å². The van der Waals surface area contributed by atoms with E-state index in [2.05, 4.69) is 41.4 Å². The molecule has 1 saturated heterocycles. The number of nitrogens with one attached hydrogen (secondary N) is 1. The van der Waals surface area contributed by atoms with E-state index < -0.39 is 0 Å². The van der Waals surface area contributed by atoms with Gasteiger partial charge in [0.1, 0.15) is 0 Å². The van der Waals surface area contributed by atoms with Crippen molar-refractivity contribution < 1.29 is 4.74 Å². The number of likely N-dealkylation sites (tertiary alicyclic amines) is 1. The van der Waals surface area contributed by atoms with Crippen molar-refractivity contribution in [3.8, 4) is 0 Å². The molecule has 3 heteroatoms. The molecule has 1 aliphatic heterocycles. The van der Waals surface area contributed by atoms with Gasteiger partial charge in [0.25, 0.3) is 0 Å². The maximum absolute atomic E-state index is 5.78. The number of benzene rings is 1. The Labute approximate surface area is 129 Å². The lowest BCUT2D eigenvalue weighted by Gasteiger charge is -2.14. The van der Waals surface area contributed by atoms with Gasteiger partial charge in [0.15, 0.2) is 0 Å². The van der Waals surface area contributed by atoms with Gasteiger partial charge in [0.2, 0.25) is 0 Å². The van der Waals surface area contributed by atoms with Crippen LogP contribution in [0.25, 0.3) is 0 Å². The Balaban J connectivity index is 1.58. The van der Waals surface area contributed by atoms with E-state index in [4.69, 9.17) is 4.74 Å². The number of hydrogen-bond donors (Lipinski definition) is 1. The molecule has 1 aromatic carbocycles. The van der Waals surface area contributed by atoms with Crippen LogP contribution in [0.4, 0.5) is 0 Å². The van der Waals surface area contributed by atoms with Crippen molar-refractivity contribution in [2.24, 2.45) is 0 Å². The Morgan fingerprint density at radius 1 is 1.05 bits per heavy atom. The molecule has 1 N–H and O–H groups in total. The monoisotopic (exact) mass is 290 g/mol. The third kappa shape index (κ3) is 6.60. The van der Waals surface area contributed by atoms with E-state index in [0.717, 1.165) is 39.3 Å². The summed E-state index contributed by atoms with van der Waals surface area (Å²) in [6.07, 6.45) is 5.02. The van der Waals surface area contributed by atoms with Gasteiger partial charge in [-0.25, -0.2) is 0 Å². The predicted molar refractivity (Wildman–Crippen MR) is 88.6 cm³/mol. The summed E-state index contributed by atoms with van der Waals surface area (Å²) < 4.78 is 5.78. The summed E-state index contributed by atoms with van der Waals surface area (Å²) in [5.41, 5.74) is 2.68. The molecule has 0 saturated carbocycles. The van der Waals surface area contributed by atoms with Crippen LogP contribution in [0.5, 0.6) is 0 Å². The van der Waals surface area contributed by atoms with Gasteiger partial charge in [-0.2, -0.15) is 0 Å². The zero-order chi connectivity index (χ0) is 14.8. The molecular formula is C18H30N2O. The lowest BCUT2D eigenvalue weighted by atomic mass is 10.1. The van der Waals surface area contributed by atoms with Gasteiger partial charge in [-0.1, -0.05) is 31.2 Å². The van der Waals surface area contributed by atoms with E-state index >= 15 is 0 Å². The first-order chi connectivity index (χ1) is 10.4. The first-order valence-electron chi connectivity index (χ1n) is 8.47. The van der Waals surface area contributed by atoms with Crippen molar-refractivity contribution in [2.75, 3.05) is 39.3 Å². The van der Waals surface area contributed by atoms with Crippen LogP contribution < -0.4 is 5.32 Å². The van der Waals surface area contributed by atoms with Crippen molar-refractivity contribution in [3.05, 3.63) is 35.4 Å². The third-order valence-electron chi connectivity index (χ3n) is 4.06. The summed E-state index contributed by atoms with van der Waals surface area (Å²) in [4.78, 5) is 2.49. The topological polar surface area (TPSA) is 24.5 Å². The van der Waals surface area contributed by atoms with E-state index in [1.807, 2.05) is 0 Å². The molecule has 0 radical (unpaired) electrons. The van der Waals surface area contributed by atoms with Crippen LogP contribution in [-0.2, 0) is 17.8 Å². The van der Waals surface area contributed by atoms with E-state index in [1.165, 1.54) is 43.5 Å². The molecule has 1 aromatic rings. The largest absolute Gasteiger partial charge is 0.375 e. The zero-order valence-corrected chi connectivity index (χ0v) is 13.4. The van der Waals surface area contributed by atoms with Crippen LogP contribution in [0.15, 0.2) is 24.3 Å². The van der Waals surface area contributed by atoms with Crippen molar-refractivity contribution >= 4 is 0 Å². The van der Waals surface area contributed by atoms with Gasteiger partial charge in [-0.15, -0.1) is 0 Å². The molecule has 1 heterocycles. The fourth-order valence-electron chi connectivity index (χ4n) is 2.73. The summed E-state index contributed by atoms with van der Waals surface area (Å²) >= 11 is 0. The van der Waals surface area contributed by atoms with Crippen LogP contribution in [0.1, 0.15) is 37.3 Å². The second-order valence-corrected chi connectivity index (χ2v) is 5.92. The first-order valence-corrected chi connectivity index (χ1v) is 8.47. The molecule has 0 amide bonds. The Morgan fingerprint density at radius 2 is 1.76 bits per heavy atom. The number of nitrogens with zero attached hydrogens (tertiary/aromatic N) is 1. The minimum Gasteiger partial charge on any atom is -0.375 e. The average molecular weight is 290 g/mol. The highest BCUT2D eigenvalue weighted by Gasteiger charge is 2.10. The number of ether oxygens (including phenoxy) is 1. The molecule has 0 bridgehead atoms. The van der Waals surface area contributed by atoms with Gasteiger partial charge in [-0.05, 0) is 63.0 Å².